The monoisotopic (exact) mass is 334 g/mol. The van der Waals surface area contributed by atoms with E-state index in [9.17, 15) is 20.1 Å². The molecule has 0 spiro atoms. The van der Waals surface area contributed by atoms with Gasteiger partial charge in [0.05, 0.1) is 12.7 Å². The van der Waals surface area contributed by atoms with Crippen LogP contribution in [-0.2, 0) is 4.79 Å². The second-order valence-corrected chi connectivity index (χ2v) is 8.77. The first-order valence-corrected chi connectivity index (χ1v) is 9.12. The molecule has 0 bridgehead atoms. The van der Waals surface area contributed by atoms with Gasteiger partial charge < -0.3 is 15.3 Å². The second-order valence-electron chi connectivity index (χ2n) is 8.77. The van der Waals surface area contributed by atoms with E-state index in [0.717, 1.165) is 24.8 Å². The maximum Gasteiger partial charge on any atom is 0.188 e. The molecule has 4 nitrogen and oxygen atoms in total. The standard InChI is InChI=1S/C20H30O4/c1-11(2)16-18(24)17(23)14-9-13-12(10-21)15(22)5-6-19(13,3)7-8-20(14,16)4/h9,11,15-16,18,21-22,24H,5-8,10H2,1-4H3/t15-,16-,18+,19-,20-/m0/s1. The van der Waals surface area contributed by atoms with Crippen LogP contribution < -0.4 is 0 Å². The van der Waals surface area contributed by atoms with E-state index in [-0.39, 0.29) is 35.1 Å². The van der Waals surface area contributed by atoms with Crippen LogP contribution >= 0.6 is 0 Å². The maximum absolute atomic E-state index is 12.8. The highest BCUT2D eigenvalue weighted by atomic mass is 16.3. The summed E-state index contributed by atoms with van der Waals surface area (Å²) in [6.07, 6.45) is 3.58. The molecule has 0 aromatic rings. The Bertz CT molecular complexity index is 617. The van der Waals surface area contributed by atoms with Gasteiger partial charge in [-0.1, -0.05) is 33.8 Å². The molecule has 1 fully saturated rings. The van der Waals surface area contributed by atoms with E-state index in [1.807, 2.05) is 6.08 Å². The summed E-state index contributed by atoms with van der Waals surface area (Å²) in [6.45, 7) is 8.23. The Labute approximate surface area is 144 Å². The summed E-state index contributed by atoms with van der Waals surface area (Å²) in [5.74, 6) is -0.0435. The van der Waals surface area contributed by atoms with Crippen LogP contribution in [0.25, 0.3) is 0 Å². The predicted octanol–water partition coefficient (Wildman–Crippen LogP) is 2.38. The van der Waals surface area contributed by atoms with Crippen LogP contribution in [0.5, 0.6) is 0 Å². The summed E-state index contributed by atoms with van der Waals surface area (Å²) >= 11 is 0. The van der Waals surface area contributed by atoms with Crippen molar-refractivity contribution in [2.75, 3.05) is 6.61 Å². The average Bonchev–Trinajstić information content (AvgIpc) is 2.62. The van der Waals surface area contributed by atoms with Crippen molar-refractivity contribution in [3.8, 4) is 0 Å². The molecule has 4 heteroatoms. The van der Waals surface area contributed by atoms with Crippen LogP contribution in [0.2, 0.25) is 0 Å². The van der Waals surface area contributed by atoms with Crippen LogP contribution in [0.15, 0.2) is 22.8 Å². The number of aliphatic hydroxyl groups is 3. The minimum Gasteiger partial charge on any atom is -0.392 e. The van der Waals surface area contributed by atoms with Gasteiger partial charge in [-0.15, -0.1) is 0 Å². The third kappa shape index (κ3) is 2.34. The highest BCUT2D eigenvalue weighted by Gasteiger charge is 2.56. The Morgan fingerprint density at radius 1 is 1.21 bits per heavy atom. The van der Waals surface area contributed by atoms with E-state index < -0.39 is 12.2 Å². The van der Waals surface area contributed by atoms with Gasteiger partial charge in [-0.25, -0.2) is 0 Å². The molecule has 0 amide bonds. The fraction of sp³-hybridized carbons (Fsp3) is 0.750. The largest absolute Gasteiger partial charge is 0.392 e. The normalized spacial score (nSPS) is 42.8. The SMILES string of the molecule is CC(C)[C@H]1[C@@H](O)C(=O)C2=CC3=C(CO)[C@@H](O)CC[C@@]3(C)CC[C@@]21C. The molecule has 0 heterocycles. The van der Waals surface area contributed by atoms with Crippen molar-refractivity contribution < 1.29 is 20.1 Å². The second kappa shape index (κ2) is 5.79. The molecule has 3 aliphatic carbocycles. The lowest BCUT2D eigenvalue weighted by Gasteiger charge is -2.40. The van der Waals surface area contributed by atoms with Crippen molar-refractivity contribution in [3.63, 3.8) is 0 Å². The molecule has 134 valence electrons. The molecule has 0 aliphatic heterocycles. The molecule has 0 aromatic carbocycles. The molecular formula is C20H30O4. The Morgan fingerprint density at radius 2 is 1.88 bits per heavy atom. The Kier molecular flexibility index (Phi) is 4.30. The van der Waals surface area contributed by atoms with Crippen molar-refractivity contribution in [2.24, 2.45) is 22.7 Å². The molecule has 24 heavy (non-hydrogen) atoms. The third-order valence-electron chi connectivity index (χ3n) is 6.97. The van der Waals surface area contributed by atoms with Crippen LogP contribution in [-0.4, -0.2) is 39.9 Å². The van der Waals surface area contributed by atoms with E-state index in [1.54, 1.807) is 0 Å². The lowest BCUT2D eigenvalue weighted by atomic mass is 9.65. The van der Waals surface area contributed by atoms with Crippen molar-refractivity contribution in [1.29, 1.82) is 0 Å². The molecule has 0 radical (unpaired) electrons. The summed E-state index contributed by atoms with van der Waals surface area (Å²) in [4.78, 5) is 12.8. The fourth-order valence-corrected chi connectivity index (χ4v) is 5.50. The van der Waals surface area contributed by atoms with Gasteiger partial charge in [0.1, 0.15) is 6.10 Å². The number of fused-ring (bicyclic) bond motifs is 2. The minimum absolute atomic E-state index is 0.0805. The number of aliphatic hydroxyl groups excluding tert-OH is 3. The lowest BCUT2D eigenvalue weighted by Crippen LogP contribution is -2.35. The van der Waals surface area contributed by atoms with Crippen molar-refractivity contribution in [3.05, 3.63) is 22.8 Å². The zero-order valence-electron chi connectivity index (χ0n) is 15.2. The first-order valence-electron chi connectivity index (χ1n) is 9.12. The Hall–Kier alpha value is -0.970. The van der Waals surface area contributed by atoms with Crippen molar-refractivity contribution in [1.82, 2.24) is 0 Å². The number of hydrogen-bond acceptors (Lipinski definition) is 4. The zero-order valence-corrected chi connectivity index (χ0v) is 15.2. The maximum atomic E-state index is 12.8. The van der Waals surface area contributed by atoms with Gasteiger partial charge in [0.15, 0.2) is 5.78 Å². The molecule has 0 saturated heterocycles. The first kappa shape index (κ1) is 17.8. The summed E-state index contributed by atoms with van der Waals surface area (Å²) in [5.41, 5.74) is 1.80. The van der Waals surface area contributed by atoms with Gasteiger partial charge in [0.2, 0.25) is 0 Å². The van der Waals surface area contributed by atoms with Crippen molar-refractivity contribution in [2.45, 2.75) is 65.6 Å². The zero-order chi connectivity index (χ0) is 17.9. The average molecular weight is 334 g/mol. The number of carbonyl (C=O) groups is 1. The van der Waals surface area contributed by atoms with Gasteiger partial charge in [-0.2, -0.15) is 0 Å². The van der Waals surface area contributed by atoms with Gasteiger partial charge in [-0.05, 0) is 48.2 Å². The molecule has 3 N–H and O–H groups in total. The fourth-order valence-electron chi connectivity index (χ4n) is 5.50. The van der Waals surface area contributed by atoms with E-state index in [1.165, 1.54) is 0 Å². The third-order valence-corrected chi connectivity index (χ3v) is 6.97. The Morgan fingerprint density at radius 3 is 2.46 bits per heavy atom. The summed E-state index contributed by atoms with van der Waals surface area (Å²) in [6, 6.07) is 0. The van der Waals surface area contributed by atoms with E-state index in [4.69, 9.17) is 0 Å². The van der Waals surface area contributed by atoms with Crippen LogP contribution in [0.3, 0.4) is 0 Å². The van der Waals surface area contributed by atoms with Crippen LogP contribution in [0, 0.1) is 22.7 Å². The number of ketones is 1. The smallest absolute Gasteiger partial charge is 0.188 e. The van der Waals surface area contributed by atoms with Gasteiger partial charge in [0.25, 0.3) is 0 Å². The van der Waals surface area contributed by atoms with Gasteiger partial charge >= 0.3 is 0 Å². The molecule has 1 saturated carbocycles. The first-order chi connectivity index (χ1) is 11.2. The highest BCUT2D eigenvalue weighted by molar-refractivity contribution is 6.03. The molecule has 3 rings (SSSR count). The van der Waals surface area contributed by atoms with Gasteiger partial charge in [-0.3, -0.25) is 4.79 Å². The summed E-state index contributed by atoms with van der Waals surface area (Å²) in [7, 11) is 0. The lowest BCUT2D eigenvalue weighted by molar-refractivity contribution is -0.123. The Balaban J connectivity index is 2.20. The van der Waals surface area contributed by atoms with Crippen LogP contribution in [0.4, 0.5) is 0 Å². The predicted molar refractivity (Wildman–Crippen MR) is 92.2 cm³/mol. The number of hydrogen-bond donors (Lipinski definition) is 3. The number of allylic oxidation sites excluding steroid dienone is 2. The number of Topliss-reactive ketones (excluding diaryl/α,β-unsaturated/α-hetero) is 1. The highest BCUT2D eigenvalue weighted by Crippen LogP contribution is 2.58. The molecule has 0 unspecified atom stereocenters. The van der Waals surface area contributed by atoms with E-state index >= 15 is 0 Å². The summed E-state index contributed by atoms with van der Waals surface area (Å²) in [5, 5.41) is 30.6. The van der Waals surface area contributed by atoms with E-state index in [0.29, 0.717) is 17.6 Å². The molecule has 5 atom stereocenters. The van der Waals surface area contributed by atoms with Crippen LogP contribution in [0.1, 0.15) is 53.4 Å². The molecular weight excluding hydrogens is 304 g/mol. The molecule has 0 aromatic heterocycles. The van der Waals surface area contributed by atoms with Crippen molar-refractivity contribution >= 4 is 5.78 Å². The topological polar surface area (TPSA) is 77.8 Å². The summed E-state index contributed by atoms with van der Waals surface area (Å²) < 4.78 is 0. The minimum atomic E-state index is -0.947. The van der Waals surface area contributed by atoms with Gasteiger partial charge in [0, 0.05) is 16.9 Å². The number of rotatable bonds is 2. The number of carbonyl (C=O) groups excluding carboxylic acids is 1. The van der Waals surface area contributed by atoms with E-state index in [2.05, 4.69) is 27.7 Å². The molecule has 3 aliphatic rings. The quantitative estimate of drug-likeness (QED) is 0.724.